The number of rotatable bonds is 3. The molecule has 0 saturated heterocycles. The van der Waals surface area contributed by atoms with Crippen molar-refractivity contribution in [1.82, 2.24) is 9.78 Å². The van der Waals surface area contributed by atoms with Crippen molar-refractivity contribution in [3.8, 4) is 0 Å². The quantitative estimate of drug-likeness (QED) is 0.780. The number of fused-ring (bicyclic) bond motifs is 1. The van der Waals surface area contributed by atoms with Crippen LogP contribution in [-0.4, -0.2) is 9.78 Å². The van der Waals surface area contributed by atoms with Crippen LogP contribution in [0.1, 0.15) is 37.2 Å². The molecule has 104 valence electrons. The van der Waals surface area contributed by atoms with Gasteiger partial charge in [-0.25, -0.2) is 0 Å². The molecule has 2 N–H and O–H groups in total. The van der Waals surface area contributed by atoms with Gasteiger partial charge in [0.1, 0.15) is 0 Å². The van der Waals surface area contributed by atoms with Gasteiger partial charge in [0.25, 0.3) is 0 Å². The average molecular weight is 306 g/mol. The zero-order valence-corrected chi connectivity index (χ0v) is 12.9. The van der Waals surface area contributed by atoms with Crippen LogP contribution in [0.4, 0.5) is 0 Å². The molecule has 3 nitrogen and oxygen atoms in total. The first-order chi connectivity index (χ1) is 9.59. The van der Waals surface area contributed by atoms with Crippen molar-refractivity contribution < 1.29 is 0 Å². The second-order valence-electron chi connectivity index (χ2n) is 5.08. The molecule has 5 heteroatoms. The predicted molar refractivity (Wildman–Crippen MR) is 85.5 cm³/mol. The Balaban J connectivity index is 2.13. The zero-order chi connectivity index (χ0) is 14.3. The fourth-order valence-corrected chi connectivity index (χ4v) is 3.68. The topological polar surface area (TPSA) is 43.8 Å². The van der Waals surface area contributed by atoms with Crippen molar-refractivity contribution in [2.75, 3.05) is 0 Å². The highest BCUT2D eigenvalue weighted by atomic mass is 35.5. The Bertz CT molecular complexity index is 744. The maximum atomic E-state index is 6.47. The lowest BCUT2D eigenvalue weighted by molar-refractivity contribution is 0.500. The molecule has 2 aromatic heterocycles. The molecule has 2 heterocycles. The van der Waals surface area contributed by atoms with Gasteiger partial charge in [-0.3, -0.25) is 4.68 Å². The second-order valence-corrected chi connectivity index (χ2v) is 6.40. The number of nitrogens with two attached hydrogens (primary N) is 1. The highest BCUT2D eigenvalue weighted by molar-refractivity contribution is 7.17. The molecule has 20 heavy (non-hydrogen) atoms. The third-order valence-electron chi connectivity index (χ3n) is 3.42. The van der Waals surface area contributed by atoms with Crippen LogP contribution in [0.5, 0.6) is 0 Å². The van der Waals surface area contributed by atoms with Gasteiger partial charge >= 0.3 is 0 Å². The van der Waals surface area contributed by atoms with Gasteiger partial charge in [-0.15, -0.1) is 11.3 Å². The van der Waals surface area contributed by atoms with Crippen LogP contribution < -0.4 is 5.73 Å². The van der Waals surface area contributed by atoms with E-state index in [1.165, 1.54) is 10.1 Å². The fraction of sp³-hybridized carbons (Fsp3) is 0.267. The first kappa shape index (κ1) is 13.6. The van der Waals surface area contributed by atoms with Crippen molar-refractivity contribution in [1.29, 1.82) is 0 Å². The van der Waals surface area contributed by atoms with E-state index >= 15 is 0 Å². The normalized spacial score (nSPS) is 13.2. The van der Waals surface area contributed by atoms with E-state index in [0.717, 1.165) is 11.3 Å². The van der Waals surface area contributed by atoms with Gasteiger partial charge < -0.3 is 5.73 Å². The van der Waals surface area contributed by atoms with Gasteiger partial charge in [0, 0.05) is 10.7 Å². The minimum Gasteiger partial charge on any atom is -0.319 e. The first-order valence-electron chi connectivity index (χ1n) is 6.54. The van der Waals surface area contributed by atoms with Crippen molar-refractivity contribution in [2.24, 2.45) is 5.73 Å². The van der Waals surface area contributed by atoms with E-state index in [9.17, 15) is 0 Å². The second kappa shape index (κ2) is 5.20. The van der Waals surface area contributed by atoms with Crippen LogP contribution in [0.3, 0.4) is 0 Å². The van der Waals surface area contributed by atoms with Crippen molar-refractivity contribution in [3.05, 3.63) is 52.1 Å². The molecule has 3 aromatic rings. The van der Waals surface area contributed by atoms with E-state index in [-0.39, 0.29) is 12.1 Å². The standard InChI is InChI=1S/C15H16ClN3S/c1-9(2)19-15(12(16)7-18-19)14(17)11-8-20-13-6-4-3-5-10(11)13/h3-9,14H,17H2,1-2H3. The molecular weight excluding hydrogens is 290 g/mol. The average Bonchev–Trinajstić information content (AvgIpc) is 3.01. The maximum absolute atomic E-state index is 6.47. The van der Waals surface area contributed by atoms with E-state index in [1.807, 2.05) is 16.8 Å². The summed E-state index contributed by atoms with van der Waals surface area (Å²) in [4.78, 5) is 0. The predicted octanol–water partition coefficient (Wildman–Crippen LogP) is 4.38. The molecule has 0 aliphatic rings. The number of thiophene rings is 1. The molecule has 0 saturated carbocycles. The monoisotopic (exact) mass is 305 g/mol. The van der Waals surface area contributed by atoms with E-state index in [0.29, 0.717) is 5.02 Å². The molecule has 1 unspecified atom stereocenters. The number of hydrogen-bond acceptors (Lipinski definition) is 3. The Morgan fingerprint density at radius 3 is 2.80 bits per heavy atom. The van der Waals surface area contributed by atoms with Gasteiger partial charge in [-0.05, 0) is 36.2 Å². The van der Waals surface area contributed by atoms with E-state index in [4.69, 9.17) is 17.3 Å². The van der Waals surface area contributed by atoms with Crippen molar-refractivity contribution in [3.63, 3.8) is 0 Å². The Kier molecular flexibility index (Phi) is 3.54. The summed E-state index contributed by atoms with van der Waals surface area (Å²) in [6, 6.07) is 8.26. The molecule has 0 bridgehead atoms. The Morgan fingerprint density at radius 1 is 1.30 bits per heavy atom. The van der Waals surface area contributed by atoms with Crippen LogP contribution in [0.2, 0.25) is 5.02 Å². The number of benzene rings is 1. The summed E-state index contributed by atoms with van der Waals surface area (Å²) in [5.41, 5.74) is 8.46. The molecule has 3 rings (SSSR count). The Morgan fingerprint density at radius 2 is 2.05 bits per heavy atom. The number of nitrogens with zero attached hydrogens (tertiary/aromatic N) is 2. The molecular formula is C15H16ClN3S. The van der Waals surface area contributed by atoms with Crippen LogP contribution >= 0.6 is 22.9 Å². The summed E-state index contributed by atoms with van der Waals surface area (Å²) in [5, 5.41) is 8.27. The largest absolute Gasteiger partial charge is 0.319 e. The maximum Gasteiger partial charge on any atom is 0.0837 e. The van der Waals surface area contributed by atoms with Crippen molar-refractivity contribution >= 4 is 33.0 Å². The highest BCUT2D eigenvalue weighted by Crippen LogP contribution is 2.35. The smallest absolute Gasteiger partial charge is 0.0837 e. The number of aromatic nitrogens is 2. The number of hydrogen-bond donors (Lipinski definition) is 1. The molecule has 0 radical (unpaired) electrons. The fourth-order valence-electron chi connectivity index (χ4n) is 2.44. The molecule has 1 atom stereocenters. The summed E-state index contributed by atoms with van der Waals surface area (Å²) in [5.74, 6) is 0. The highest BCUT2D eigenvalue weighted by Gasteiger charge is 2.22. The first-order valence-corrected chi connectivity index (χ1v) is 7.80. The molecule has 0 aliphatic heterocycles. The molecule has 0 fully saturated rings. The van der Waals surface area contributed by atoms with E-state index in [2.05, 4.69) is 36.5 Å². The lowest BCUT2D eigenvalue weighted by Crippen LogP contribution is -2.18. The summed E-state index contributed by atoms with van der Waals surface area (Å²) < 4.78 is 3.14. The summed E-state index contributed by atoms with van der Waals surface area (Å²) in [6.45, 7) is 4.15. The molecule has 0 spiro atoms. The van der Waals surface area contributed by atoms with Crippen LogP contribution in [0.15, 0.2) is 35.8 Å². The van der Waals surface area contributed by atoms with Gasteiger partial charge in [0.15, 0.2) is 0 Å². The summed E-state index contributed by atoms with van der Waals surface area (Å²) in [6.07, 6.45) is 1.67. The third-order valence-corrected chi connectivity index (χ3v) is 4.69. The van der Waals surface area contributed by atoms with E-state index < -0.39 is 0 Å². The molecule has 0 amide bonds. The van der Waals surface area contributed by atoms with Gasteiger partial charge in [-0.1, -0.05) is 29.8 Å². The minimum absolute atomic E-state index is 0.230. The SMILES string of the molecule is CC(C)n1ncc(Cl)c1C(N)c1csc2ccccc12. The zero-order valence-electron chi connectivity index (χ0n) is 11.4. The lowest BCUT2D eigenvalue weighted by atomic mass is 10.0. The molecule has 1 aromatic carbocycles. The lowest BCUT2D eigenvalue weighted by Gasteiger charge is -2.17. The molecule has 0 aliphatic carbocycles. The third kappa shape index (κ3) is 2.14. The Labute approximate surface area is 127 Å². The van der Waals surface area contributed by atoms with Gasteiger partial charge in [-0.2, -0.15) is 5.10 Å². The minimum atomic E-state index is -0.261. The Hall–Kier alpha value is -1.36. The van der Waals surface area contributed by atoms with E-state index in [1.54, 1.807) is 17.5 Å². The number of halogens is 1. The summed E-state index contributed by atoms with van der Waals surface area (Å²) in [7, 11) is 0. The van der Waals surface area contributed by atoms with Crippen molar-refractivity contribution in [2.45, 2.75) is 25.9 Å². The summed E-state index contributed by atoms with van der Waals surface area (Å²) >= 11 is 8.00. The van der Waals surface area contributed by atoms with Gasteiger partial charge in [0.2, 0.25) is 0 Å². The van der Waals surface area contributed by atoms with Crippen LogP contribution in [0, 0.1) is 0 Å². The van der Waals surface area contributed by atoms with Crippen LogP contribution in [-0.2, 0) is 0 Å². The van der Waals surface area contributed by atoms with Crippen LogP contribution in [0.25, 0.3) is 10.1 Å². The van der Waals surface area contributed by atoms with Gasteiger partial charge in [0.05, 0.1) is 23.0 Å².